The highest BCUT2D eigenvalue weighted by Crippen LogP contribution is 2.23. The van der Waals surface area contributed by atoms with Gasteiger partial charge in [0.2, 0.25) is 0 Å². The Kier molecular flexibility index (Phi) is 2.92. The van der Waals surface area contributed by atoms with Crippen LogP contribution in [0.1, 0.15) is 5.56 Å². The molecule has 2 aromatic rings. The first-order valence-corrected chi connectivity index (χ1v) is 4.71. The molecule has 0 aliphatic rings. The maximum Gasteiger partial charge on any atom is 0.133 e. The van der Waals surface area contributed by atoms with E-state index in [0.717, 1.165) is 6.07 Å². The van der Waals surface area contributed by atoms with Gasteiger partial charge in [0, 0.05) is 29.6 Å². The lowest BCUT2D eigenvalue weighted by molar-refractivity contribution is 0.281. The number of aliphatic hydroxyl groups excluding tert-OH is 1. The summed E-state index contributed by atoms with van der Waals surface area (Å²) in [6.07, 6.45) is 2.96. The molecule has 0 aliphatic heterocycles. The van der Waals surface area contributed by atoms with E-state index in [1.807, 2.05) is 0 Å². The Morgan fingerprint density at radius 2 is 1.94 bits per heavy atom. The third-order valence-corrected chi connectivity index (χ3v) is 2.22. The fourth-order valence-electron chi connectivity index (χ4n) is 1.44. The molecule has 0 saturated heterocycles. The highest BCUT2D eigenvalue weighted by Gasteiger charge is 2.07. The standard InChI is InChI=1S/C12H9F2NO/c13-10-1-2-11(12(14)4-10)9-3-8(7-16)5-15-6-9/h1-6,16H,7H2. The van der Waals surface area contributed by atoms with Crippen LogP contribution in [0.15, 0.2) is 36.7 Å². The topological polar surface area (TPSA) is 33.1 Å². The van der Waals surface area contributed by atoms with Crippen molar-refractivity contribution in [2.24, 2.45) is 0 Å². The normalized spacial score (nSPS) is 10.4. The number of halogens is 2. The van der Waals surface area contributed by atoms with E-state index in [1.165, 1.54) is 24.5 Å². The lowest BCUT2D eigenvalue weighted by Gasteiger charge is -2.04. The van der Waals surface area contributed by atoms with E-state index >= 15 is 0 Å². The summed E-state index contributed by atoms with van der Waals surface area (Å²) in [7, 11) is 0. The zero-order chi connectivity index (χ0) is 11.5. The Hall–Kier alpha value is -1.81. The van der Waals surface area contributed by atoms with E-state index in [0.29, 0.717) is 11.1 Å². The third kappa shape index (κ3) is 2.06. The van der Waals surface area contributed by atoms with E-state index in [-0.39, 0.29) is 12.2 Å². The van der Waals surface area contributed by atoms with Crippen LogP contribution in [-0.4, -0.2) is 10.1 Å². The van der Waals surface area contributed by atoms with Crippen molar-refractivity contribution in [3.63, 3.8) is 0 Å². The maximum atomic E-state index is 13.4. The molecule has 82 valence electrons. The summed E-state index contributed by atoms with van der Waals surface area (Å²) >= 11 is 0. The molecule has 4 heteroatoms. The Balaban J connectivity index is 2.49. The first-order chi connectivity index (χ1) is 7.70. The number of benzene rings is 1. The van der Waals surface area contributed by atoms with Gasteiger partial charge in [-0.05, 0) is 23.8 Å². The largest absolute Gasteiger partial charge is 0.392 e. The first kappa shape index (κ1) is 10.7. The van der Waals surface area contributed by atoms with E-state index in [4.69, 9.17) is 5.11 Å². The molecule has 16 heavy (non-hydrogen) atoms. The molecule has 0 amide bonds. The Morgan fingerprint density at radius 3 is 2.62 bits per heavy atom. The Morgan fingerprint density at radius 1 is 1.12 bits per heavy atom. The summed E-state index contributed by atoms with van der Waals surface area (Å²) in [5.74, 6) is -1.26. The number of aromatic nitrogens is 1. The molecular weight excluding hydrogens is 212 g/mol. The second kappa shape index (κ2) is 4.37. The minimum atomic E-state index is -0.642. The fourth-order valence-corrected chi connectivity index (χ4v) is 1.44. The Bertz CT molecular complexity index is 514. The number of pyridine rings is 1. The van der Waals surface area contributed by atoms with Crippen LogP contribution in [0.3, 0.4) is 0 Å². The first-order valence-electron chi connectivity index (χ1n) is 4.71. The SMILES string of the molecule is OCc1cncc(-c2ccc(F)cc2F)c1. The average molecular weight is 221 g/mol. The molecular formula is C12H9F2NO. The molecule has 1 aromatic heterocycles. The fraction of sp³-hybridized carbons (Fsp3) is 0.0833. The van der Waals surface area contributed by atoms with Crippen LogP contribution < -0.4 is 0 Å². The van der Waals surface area contributed by atoms with Crippen LogP contribution in [-0.2, 0) is 6.61 Å². The minimum Gasteiger partial charge on any atom is -0.392 e. The van der Waals surface area contributed by atoms with Crippen molar-refractivity contribution in [2.45, 2.75) is 6.61 Å². The molecule has 1 heterocycles. The number of nitrogens with zero attached hydrogens (tertiary/aromatic N) is 1. The van der Waals surface area contributed by atoms with E-state index < -0.39 is 11.6 Å². The van der Waals surface area contributed by atoms with E-state index in [9.17, 15) is 8.78 Å². The molecule has 1 N–H and O–H groups in total. The number of hydrogen-bond acceptors (Lipinski definition) is 2. The van der Waals surface area contributed by atoms with Gasteiger partial charge in [0.1, 0.15) is 11.6 Å². The van der Waals surface area contributed by atoms with Crippen molar-refractivity contribution in [2.75, 3.05) is 0 Å². The van der Waals surface area contributed by atoms with E-state index in [1.54, 1.807) is 6.07 Å². The van der Waals surface area contributed by atoms with Gasteiger partial charge in [-0.15, -0.1) is 0 Å². The molecule has 2 nitrogen and oxygen atoms in total. The van der Waals surface area contributed by atoms with Gasteiger partial charge in [-0.2, -0.15) is 0 Å². The predicted octanol–water partition coefficient (Wildman–Crippen LogP) is 2.52. The van der Waals surface area contributed by atoms with Crippen LogP contribution in [0.5, 0.6) is 0 Å². The van der Waals surface area contributed by atoms with Crippen LogP contribution in [0.25, 0.3) is 11.1 Å². The maximum absolute atomic E-state index is 13.4. The number of rotatable bonds is 2. The quantitative estimate of drug-likeness (QED) is 0.845. The zero-order valence-corrected chi connectivity index (χ0v) is 8.32. The van der Waals surface area contributed by atoms with Gasteiger partial charge in [-0.25, -0.2) is 8.78 Å². The molecule has 2 rings (SSSR count). The lowest BCUT2D eigenvalue weighted by atomic mass is 10.1. The van der Waals surface area contributed by atoms with Crippen molar-refractivity contribution in [1.82, 2.24) is 4.98 Å². The molecule has 0 bridgehead atoms. The van der Waals surface area contributed by atoms with Gasteiger partial charge in [-0.1, -0.05) is 0 Å². The molecule has 1 aromatic carbocycles. The second-order valence-electron chi connectivity index (χ2n) is 3.36. The molecule has 0 atom stereocenters. The molecule has 0 radical (unpaired) electrons. The van der Waals surface area contributed by atoms with Crippen LogP contribution >= 0.6 is 0 Å². The van der Waals surface area contributed by atoms with Gasteiger partial charge in [0.25, 0.3) is 0 Å². The van der Waals surface area contributed by atoms with Gasteiger partial charge in [-0.3, -0.25) is 4.98 Å². The molecule has 0 aliphatic carbocycles. The van der Waals surface area contributed by atoms with Crippen LogP contribution in [0.4, 0.5) is 8.78 Å². The summed E-state index contributed by atoms with van der Waals surface area (Å²) in [6.45, 7) is -0.163. The smallest absolute Gasteiger partial charge is 0.133 e. The summed E-state index contributed by atoms with van der Waals surface area (Å²) in [5.41, 5.74) is 1.37. The summed E-state index contributed by atoms with van der Waals surface area (Å²) < 4.78 is 26.2. The van der Waals surface area contributed by atoms with E-state index in [2.05, 4.69) is 4.98 Å². The average Bonchev–Trinajstić information content (AvgIpc) is 2.29. The lowest BCUT2D eigenvalue weighted by Crippen LogP contribution is -1.90. The summed E-state index contributed by atoms with van der Waals surface area (Å²) in [5, 5.41) is 8.93. The van der Waals surface area contributed by atoms with Crippen molar-refractivity contribution >= 4 is 0 Å². The Labute approximate surface area is 91.2 Å². The van der Waals surface area contributed by atoms with Gasteiger partial charge < -0.3 is 5.11 Å². The monoisotopic (exact) mass is 221 g/mol. The van der Waals surface area contributed by atoms with Gasteiger partial charge in [0.05, 0.1) is 6.61 Å². The van der Waals surface area contributed by atoms with Gasteiger partial charge in [0.15, 0.2) is 0 Å². The molecule has 0 saturated carbocycles. The predicted molar refractivity (Wildman–Crippen MR) is 55.5 cm³/mol. The summed E-state index contributed by atoms with van der Waals surface area (Å²) in [6, 6.07) is 4.97. The minimum absolute atomic E-state index is 0.163. The van der Waals surface area contributed by atoms with Crippen molar-refractivity contribution in [3.05, 3.63) is 53.9 Å². The summed E-state index contributed by atoms with van der Waals surface area (Å²) in [4.78, 5) is 3.87. The second-order valence-corrected chi connectivity index (χ2v) is 3.36. The van der Waals surface area contributed by atoms with Crippen molar-refractivity contribution in [3.8, 4) is 11.1 Å². The zero-order valence-electron chi connectivity index (χ0n) is 8.32. The molecule has 0 unspecified atom stereocenters. The third-order valence-electron chi connectivity index (χ3n) is 2.22. The molecule has 0 spiro atoms. The van der Waals surface area contributed by atoms with Crippen molar-refractivity contribution < 1.29 is 13.9 Å². The highest BCUT2D eigenvalue weighted by atomic mass is 19.1. The van der Waals surface area contributed by atoms with Gasteiger partial charge >= 0.3 is 0 Å². The highest BCUT2D eigenvalue weighted by molar-refractivity contribution is 5.63. The number of aliphatic hydroxyl groups is 1. The van der Waals surface area contributed by atoms with Crippen molar-refractivity contribution in [1.29, 1.82) is 0 Å². The van der Waals surface area contributed by atoms with Crippen LogP contribution in [0.2, 0.25) is 0 Å². The molecule has 0 fully saturated rings. The van der Waals surface area contributed by atoms with Crippen LogP contribution in [0, 0.1) is 11.6 Å². The number of hydrogen-bond donors (Lipinski definition) is 1.